The Bertz CT molecular complexity index is 465. The second kappa shape index (κ2) is 7.78. The molecule has 0 saturated carbocycles. The summed E-state index contributed by atoms with van der Waals surface area (Å²) in [4.78, 5) is 23.0. The minimum atomic E-state index is -1.05. The van der Waals surface area contributed by atoms with E-state index >= 15 is 0 Å². The average Bonchev–Trinajstić information content (AvgIpc) is 2.37. The Morgan fingerprint density at radius 3 is 2.38 bits per heavy atom. The van der Waals surface area contributed by atoms with Gasteiger partial charge < -0.3 is 15.2 Å². The molecule has 2 N–H and O–H groups in total. The van der Waals surface area contributed by atoms with Gasteiger partial charge in [-0.15, -0.1) is 0 Å². The maximum absolute atomic E-state index is 11.9. The Kier molecular flexibility index (Phi) is 6.37. The number of hydrogen-bond acceptors (Lipinski definition) is 3. The number of carboxylic acid groups (broad SMARTS) is 1. The molecule has 0 aliphatic heterocycles. The maximum Gasteiger partial charge on any atom is 0.326 e. The Labute approximate surface area is 125 Å². The molecule has 0 bridgehead atoms. The number of nitrogens with one attached hydrogen (secondary N) is 1. The average molecular weight is 293 g/mol. The summed E-state index contributed by atoms with van der Waals surface area (Å²) in [6.45, 7) is 5.98. The summed E-state index contributed by atoms with van der Waals surface area (Å²) in [5.41, 5.74) is 0.530. The van der Waals surface area contributed by atoms with E-state index in [0.717, 1.165) is 5.56 Å². The zero-order valence-corrected chi connectivity index (χ0v) is 12.8. The minimum Gasteiger partial charge on any atom is -0.480 e. The van der Waals surface area contributed by atoms with Gasteiger partial charge in [0, 0.05) is 13.0 Å². The van der Waals surface area contributed by atoms with Gasteiger partial charge in [0.1, 0.15) is 6.04 Å². The van der Waals surface area contributed by atoms with Crippen LogP contribution in [-0.4, -0.2) is 35.2 Å². The largest absolute Gasteiger partial charge is 0.480 e. The van der Waals surface area contributed by atoms with E-state index in [4.69, 9.17) is 9.84 Å². The molecule has 0 heterocycles. The molecule has 0 aliphatic rings. The summed E-state index contributed by atoms with van der Waals surface area (Å²) in [7, 11) is 0. The number of benzene rings is 1. The summed E-state index contributed by atoms with van der Waals surface area (Å²) >= 11 is 0. The molecule has 21 heavy (non-hydrogen) atoms. The quantitative estimate of drug-likeness (QED) is 0.806. The van der Waals surface area contributed by atoms with Gasteiger partial charge in [0.2, 0.25) is 5.91 Å². The maximum atomic E-state index is 11.9. The van der Waals surface area contributed by atoms with Crippen LogP contribution in [0.3, 0.4) is 0 Å². The molecule has 1 rings (SSSR count). The molecule has 1 aromatic carbocycles. The Hall–Kier alpha value is -1.88. The van der Waals surface area contributed by atoms with Crippen LogP contribution in [0.5, 0.6) is 0 Å². The summed E-state index contributed by atoms with van der Waals surface area (Å²) in [6.07, 6.45) is 0.415. The van der Waals surface area contributed by atoms with Gasteiger partial charge in [-0.05, 0) is 26.3 Å². The SMILES string of the molecule is CC(C)(C)OCCC(NC(=O)Cc1ccccc1)C(=O)O. The molecular formula is C16H23NO4. The number of amides is 1. The van der Waals surface area contributed by atoms with Crippen LogP contribution in [0.2, 0.25) is 0 Å². The molecule has 0 aliphatic carbocycles. The smallest absolute Gasteiger partial charge is 0.326 e. The molecular weight excluding hydrogens is 270 g/mol. The highest BCUT2D eigenvalue weighted by molar-refractivity contribution is 5.84. The third-order valence-electron chi connectivity index (χ3n) is 2.78. The predicted molar refractivity (Wildman–Crippen MR) is 80.0 cm³/mol. The Balaban J connectivity index is 2.46. The fourth-order valence-electron chi connectivity index (χ4n) is 1.77. The van der Waals surface area contributed by atoms with Gasteiger partial charge in [-0.25, -0.2) is 4.79 Å². The first-order valence-corrected chi connectivity index (χ1v) is 6.98. The van der Waals surface area contributed by atoms with Gasteiger partial charge >= 0.3 is 5.97 Å². The van der Waals surface area contributed by atoms with Crippen molar-refractivity contribution in [2.24, 2.45) is 0 Å². The van der Waals surface area contributed by atoms with Gasteiger partial charge in [-0.3, -0.25) is 4.79 Å². The van der Waals surface area contributed by atoms with E-state index in [2.05, 4.69) is 5.32 Å². The molecule has 5 nitrogen and oxygen atoms in total. The van der Waals surface area contributed by atoms with E-state index in [1.165, 1.54) is 0 Å². The second-order valence-electron chi connectivity index (χ2n) is 5.87. The third-order valence-corrected chi connectivity index (χ3v) is 2.78. The lowest BCUT2D eigenvalue weighted by molar-refractivity contribution is -0.142. The number of carbonyl (C=O) groups is 2. The van der Waals surface area contributed by atoms with E-state index in [0.29, 0.717) is 0 Å². The summed E-state index contributed by atoms with van der Waals surface area (Å²) in [5, 5.41) is 11.7. The number of aliphatic carboxylic acids is 1. The fourth-order valence-corrected chi connectivity index (χ4v) is 1.77. The van der Waals surface area contributed by atoms with Crippen LogP contribution in [0.1, 0.15) is 32.8 Å². The van der Waals surface area contributed by atoms with Crippen molar-refractivity contribution in [1.29, 1.82) is 0 Å². The molecule has 1 aromatic rings. The highest BCUT2D eigenvalue weighted by Crippen LogP contribution is 2.08. The Morgan fingerprint density at radius 2 is 1.86 bits per heavy atom. The summed E-state index contributed by atoms with van der Waals surface area (Å²) in [5.74, 6) is -1.35. The lowest BCUT2D eigenvalue weighted by Gasteiger charge is -2.21. The van der Waals surface area contributed by atoms with Gasteiger partial charge in [-0.1, -0.05) is 30.3 Å². The summed E-state index contributed by atoms with van der Waals surface area (Å²) in [6, 6.07) is 8.29. The monoisotopic (exact) mass is 293 g/mol. The zero-order chi connectivity index (χ0) is 15.9. The van der Waals surface area contributed by atoms with E-state index in [1.807, 2.05) is 51.1 Å². The molecule has 0 fully saturated rings. The number of ether oxygens (including phenoxy) is 1. The molecule has 1 amide bonds. The third kappa shape index (κ3) is 7.46. The van der Waals surface area contributed by atoms with Crippen molar-refractivity contribution in [3.8, 4) is 0 Å². The summed E-state index contributed by atoms with van der Waals surface area (Å²) < 4.78 is 5.50. The predicted octanol–water partition coefficient (Wildman–Crippen LogP) is 2.00. The van der Waals surface area contributed by atoms with Crippen LogP contribution < -0.4 is 5.32 Å². The van der Waals surface area contributed by atoms with Crippen molar-refractivity contribution in [2.45, 2.75) is 45.3 Å². The first-order valence-electron chi connectivity index (χ1n) is 6.98. The minimum absolute atomic E-state index is 0.171. The highest BCUT2D eigenvalue weighted by atomic mass is 16.5. The standard InChI is InChI=1S/C16H23NO4/c1-16(2,3)21-10-9-13(15(19)20)17-14(18)11-12-7-5-4-6-8-12/h4-8,13H,9-11H2,1-3H3,(H,17,18)(H,19,20). The van der Waals surface area contributed by atoms with Crippen LogP contribution in [0, 0.1) is 0 Å². The molecule has 116 valence electrons. The van der Waals surface area contributed by atoms with Crippen molar-refractivity contribution >= 4 is 11.9 Å². The van der Waals surface area contributed by atoms with Gasteiger partial charge in [0.15, 0.2) is 0 Å². The van der Waals surface area contributed by atoms with Crippen LogP contribution in [0.15, 0.2) is 30.3 Å². The van der Waals surface area contributed by atoms with Gasteiger partial charge in [0.05, 0.1) is 12.0 Å². The van der Waals surface area contributed by atoms with Crippen molar-refractivity contribution in [3.05, 3.63) is 35.9 Å². The first-order chi connectivity index (χ1) is 9.78. The second-order valence-corrected chi connectivity index (χ2v) is 5.87. The molecule has 0 radical (unpaired) electrons. The lowest BCUT2D eigenvalue weighted by Crippen LogP contribution is -2.42. The van der Waals surface area contributed by atoms with E-state index < -0.39 is 12.0 Å². The molecule has 0 saturated heterocycles. The van der Waals surface area contributed by atoms with E-state index in [9.17, 15) is 9.59 Å². The van der Waals surface area contributed by atoms with Crippen LogP contribution in [0.4, 0.5) is 0 Å². The topological polar surface area (TPSA) is 75.6 Å². The van der Waals surface area contributed by atoms with Crippen LogP contribution >= 0.6 is 0 Å². The van der Waals surface area contributed by atoms with Gasteiger partial charge in [0.25, 0.3) is 0 Å². The molecule has 0 aromatic heterocycles. The number of hydrogen-bond donors (Lipinski definition) is 2. The molecule has 5 heteroatoms. The van der Waals surface area contributed by atoms with Crippen molar-refractivity contribution in [2.75, 3.05) is 6.61 Å². The van der Waals surface area contributed by atoms with Crippen molar-refractivity contribution in [3.63, 3.8) is 0 Å². The molecule has 1 atom stereocenters. The Morgan fingerprint density at radius 1 is 1.24 bits per heavy atom. The number of rotatable bonds is 7. The van der Waals surface area contributed by atoms with E-state index in [-0.39, 0.29) is 31.0 Å². The van der Waals surface area contributed by atoms with E-state index in [1.54, 1.807) is 0 Å². The highest BCUT2D eigenvalue weighted by Gasteiger charge is 2.21. The van der Waals surface area contributed by atoms with Crippen molar-refractivity contribution < 1.29 is 19.4 Å². The fraction of sp³-hybridized carbons (Fsp3) is 0.500. The first kappa shape index (κ1) is 17.2. The van der Waals surface area contributed by atoms with Crippen molar-refractivity contribution in [1.82, 2.24) is 5.32 Å². The zero-order valence-electron chi connectivity index (χ0n) is 12.8. The van der Waals surface area contributed by atoms with Crippen LogP contribution in [-0.2, 0) is 20.7 Å². The molecule has 0 spiro atoms. The normalized spacial score (nSPS) is 12.7. The lowest BCUT2D eigenvalue weighted by atomic mass is 10.1. The number of carboxylic acids is 1. The molecule has 1 unspecified atom stereocenters. The number of carbonyl (C=O) groups excluding carboxylic acids is 1. The van der Waals surface area contributed by atoms with Crippen LogP contribution in [0.25, 0.3) is 0 Å². The van der Waals surface area contributed by atoms with Gasteiger partial charge in [-0.2, -0.15) is 0 Å².